The quantitative estimate of drug-likeness (QED) is 0.156. The summed E-state index contributed by atoms with van der Waals surface area (Å²) in [6, 6.07) is 38.4. The Kier molecular flexibility index (Phi) is 9.73. The van der Waals surface area contributed by atoms with Gasteiger partial charge in [-0.15, -0.1) is 0 Å². The van der Waals surface area contributed by atoms with E-state index in [1.807, 2.05) is 0 Å². The molecular formula is C52H64. The molecular weight excluding hydrogens is 625 g/mol. The van der Waals surface area contributed by atoms with Gasteiger partial charge in [-0.1, -0.05) is 201 Å². The summed E-state index contributed by atoms with van der Waals surface area (Å²) in [6.07, 6.45) is 25.3. The molecule has 0 nitrogen and oxygen atoms in total. The number of hydrogen-bond donors (Lipinski definition) is 0. The van der Waals surface area contributed by atoms with Gasteiger partial charge in [0.2, 0.25) is 0 Å². The Morgan fingerprint density at radius 1 is 0.327 bits per heavy atom. The zero-order valence-corrected chi connectivity index (χ0v) is 32.4. The molecule has 0 saturated heterocycles. The van der Waals surface area contributed by atoms with Crippen LogP contribution in [0.1, 0.15) is 152 Å². The molecule has 5 aliphatic rings. The summed E-state index contributed by atoms with van der Waals surface area (Å²) >= 11 is 0. The van der Waals surface area contributed by atoms with E-state index in [1.165, 1.54) is 138 Å². The van der Waals surface area contributed by atoms with Gasteiger partial charge in [0.25, 0.3) is 0 Å². The third-order valence-corrected chi connectivity index (χ3v) is 16.0. The monoisotopic (exact) mass is 689 g/mol. The zero-order chi connectivity index (χ0) is 35.1. The van der Waals surface area contributed by atoms with E-state index >= 15 is 0 Å². The minimum atomic E-state index is 0.177. The molecule has 0 heterocycles. The van der Waals surface area contributed by atoms with Crippen LogP contribution >= 0.6 is 0 Å². The molecule has 4 aromatic rings. The van der Waals surface area contributed by atoms with Crippen LogP contribution in [0.3, 0.4) is 0 Å². The first kappa shape index (κ1) is 34.6. The smallest absolute Gasteiger partial charge is 0.0220 e. The predicted molar refractivity (Wildman–Crippen MR) is 221 cm³/mol. The summed E-state index contributed by atoms with van der Waals surface area (Å²) in [6.45, 7) is 4.83. The van der Waals surface area contributed by atoms with Crippen LogP contribution in [0.4, 0.5) is 0 Å². The first-order chi connectivity index (χ1) is 25.6. The fraction of sp³-hybridized carbons (Fsp3) is 0.538. The second-order valence-corrected chi connectivity index (χ2v) is 18.6. The Labute approximate surface area is 316 Å². The predicted octanol–water partition coefficient (Wildman–Crippen LogP) is 14.7. The van der Waals surface area contributed by atoms with E-state index in [1.54, 1.807) is 22.3 Å². The molecule has 0 amide bonds. The van der Waals surface area contributed by atoms with Gasteiger partial charge in [-0.05, 0) is 106 Å². The molecule has 5 aliphatic carbocycles. The van der Waals surface area contributed by atoms with Gasteiger partial charge in [0.1, 0.15) is 0 Å². The molecule has 0 aromatic heterocycles. The van der Waals surface area contributed by atoms with Crippen LogP contribution in [0.15, 0.2) is 97.1 Å². The first-order valence-corrected chi connectivity index (χ1v) is 22.0. The van der Waals surface area contributed by atoms with Gasteiger partial charge >= 0.3 is 0 Å². The summed E-state index contributed by atoms with van der Waals surface area (Å²) in [5.74, 6) is 5.25. The molecule has 3 fully saturated rings. The van der Waals surface area contributed by atoms with E-state index in [9.17, 15) is 0 Å². The van der Waals surface area contributed by atoms with Crippen molar-refractivity contribution in [1.29, 1.82) is 0 Å². The Hall–Kier alpha value is -3.12. The highest BCUT2D eigenvalue weighted by molar-refractivity contribution is 5.82. The van der Waals surface area contributed by atoms with E-state index in [4.69, 9.17) is 0 Å². The Balaban J connectivity index is 0.982. The summed E-state index contributed by atoms with van der Waals surface area (Å²) in [5.41, 5.74) is 13.1. The third kappa shape index (κ3) is 6.13. The molecule has 52 heavy (non-hydrogen) atoms. The second kappa shape index (κ2) is 14.6. The maximum atomic E-state index is 2.53. The average Bonchev–Trinajstić information content (AvgIpc) is 3.63. The molecule has 0 unspecified atom stereocenters. The van der Waals surface area contributed by atoms with E-state index in [2.05, 4.69) is 111 Å². The van der Waals surface area contributed by atoms with E-state index in [-0.39, 0.29) is 10.8 Å². The highest BCUT2D eigenvalue weighted by atomic mass is 14.5. The van der Waals surface area contributed by atoms with Crippen LogP contribution in [0.25, 0.3) is 22.3 Å². The van der Waals surface area contributed by atoms with Crippen LogP contribution in [0.5, 0.6) is 0 Å². The highest BCUT2D eigenvalue weighted by Gasteiger charge is 2.48. The lowest BCUT2D eigenvalue weighted by molar-refractivity contribution is 0.165. The van der Waals surface area contributed by atoms with Crippen LogP contribution in [-0.4, -0.2) is 0 Å². The fourth-order valence-corrected chi connectivity index (χ4v) is 13.2. The minimum Gasteiger partial charge on any atom is -0.0651 e. The Morgan fingerprint density at radius 2 is 0.538 bits per heavy atom. The van der Waals surface area contributed by atoms with Gasteiger partial charge in [0.05, 0.1) is 0 Å². The normalized spacial score (nSPS) is 28.4. The Morgan fingerprint density at radius 3 is 0.769 bits per heavy atom. The summed E-state index contributed by atoms with van der Waals surface area (Å²) in [4.78, 5) is 0. The van der Waals surface area contributed by atoms with E-state index in [0.717, 1.165) is 35.5 Å². The van der Waals surface area contributed by atoms with Crippen molar-refractivity contribution < 1.29 is 0 Å². The molecule has 0 heteroatoms. The SMILES string of the molecule is CCC1CCC(CC2(CC3CCC(CC4(CC5CCC(CC)CC5)c5ccccc5-c5ccccc54)CC3)c3ccccc3-c3ccccc32)CC1. The van der Waals surface area contributed by atoms with Crippen molar-refractivity contribution in [2.75, 3.05) is 0 Å². The lowest BCUT2D eigenvalue weighted by Crippen LogP contribution is -2.35. The molecule has 0 radical (unpaired) electrons. The van der Waals surface area contributed by atoms with Crippen molar-refractivity contribution in [2.45, 2.75) is 140 Å². The summed E-state index contributed by atoms with van der Waals surface area (Å²) in [7, 11) is 0. The van der Waals surface area contributed by atoms with Crippen molar-refractivity contribution in [3.05, 3.63) is 119 Å². The lowest BCUT2D eigenvalue weighted by Gasteiger charge is -2.44. The Bertz CT molecular complexity index is 1590. The fourth-order valence-electron chi connectivity index (χ4n) is 13.2. The molecule has 0 N–H and O–H groups in total. The van der Waals surface area contributed by atoms with E-state index < -0.39 is 0 Å². The van der Waals surface area contributed by atoms with Crippen LogP contribution in [0, 0.1) is 35.5 Å². The molecule has 0 atom stereocenters. The lowest BCUT2D eigenvalue weighted by atomic mass is 9.60. The maximum absolute atomic E-state index is 2.53. The highest BCUT2D eigenvalue weighted by Crippen LogP contribution is 2.60. The summed E-state index contributed by atoms with van der Waals surface area (Å²) in [5, 5.41) is 0. The van der Waals surface area contributed by atoms with Crippen LogP contribution < -0.4 is 0 Å². The van der Waals surface area contributed by atoms with Crippen LogP contribution in [-0.2, 0) is 10.8 Å². The van der Waals surface area contributed by atoms with Crippen molar-refractivity contribution in [1.82, 2.24) is 0 Å². The largest absolute Gasteiger partial charge is 0.0651 e. The minimum absolute atomic E-state index is 0.177. The molecule has 4 aromatic carbocycles. The van der Waals surface area contributed by atoms with Gasteiger partial charge in [0.15, 0.2) is 0 Å². The zero-order valence-electron chi connectivity index (χ0n) is 32.4. The van der Waals surface area contributed by atoms with Gasteiger partial charge in [-0.2, -0.15) is 0 Å². The van der Waals surface area contributed by atoms with Crippen molar-refractivity contribution in [3.8, 4) is 22.3 Å². The summed E-state index contributed by atoms with van der Waals surface area (Å²) < 4.78 is 0. The van der Waals surface area contributed by atoms with Crippen LogP contribution in [0.2, 0.25) is 0 Å². The van der Waals surface area contributed by atoms with Crippen molar-refractivity contribution in [2.24, 2.45) is 35.5 Å². The number of hydrogen-bond acceptors (Lipinski definition) is 0. The van der Waals surface area contributed by atoms with Crippen molar-refractivity contribution >= 4 is 0 Å². The van der Waals surface area contributed by atoms with Gasteiger partial charge in [0, 0.05) is 10.8 Å². The first-order valence-electron chi connectivity index (χ1n) is 22.0. The third-order valence-electron chi connectivity index (χ3n) is 16.0. The standard InChI is InChI=1S/C52H64/c1-3-37-21-25-39(26-22-37)33-51(47-17-9-5-13-43(47)44-14-6-10-18-48(44)51)35-41-29-31-42(32-30-41)36-52(34-40-27-23-38(4-2)24-28-40)49-19-11-7-15-45(49)46-16-8-12-20-50(46)52/h5-20,37-42H,3-4,21-36H2,1-2H3. The van der Waals surface area contributed by atoms with Gasteiger partial charge < -0.3 is 0 Å². The molecule has 3 saturated carbocycles. The molecule has 272 valence electrons. The number of rotatable bonds is 10. The topological polar surface area (TPSA) is 0 Å². The number of fused-ring (bicyclic) bond motifs is 6. The van der Waals surface area contributed by atoms with E-state index in [0.29, 0.717) is 0 Å². The molecule has 9 rings (SSSR count). The maximum Gasteiger partial charge on any atom is 0.0220 e. The van der Waals surface area contributed by atoms with Crippen molar-refractivity contribution in [3.63, 3.8) is 0 Å². The second-order valence-electron chi connectivity index (χ2n) is 18.6. The van der Waals surface area contributed by atoms with Gasteiger partial charge in [-0.25, -0.2) is 0 Å². The molecule has 0 bridgehead atoms. The number of benzene rings is 4. The molecule has 0 spiro atoms. The molecule has 0 aliphatic heterocycles. The van der Waals surface area contributed by atoms with Gasteiger partial charge in [-0.3, -0.25) is 0 Å². The average molecular weight is 689 g/mol.